The molecule has 0 spiro atoms. The van der Waals surface area contributed by atoms with Gasteiger partial charge in [-0.25, -0.2) is 9.37 Å². The van der Waals surface area contributed by atoms with Crippen molar-refractivity contribution in [2.45, 2.75) is 20.3 Å². The molecular weight excluding hydrogens is 391 g/mol. The van der Waals surface area contributed by atoms with Gasteiger partial charge in [0.25, 0.3) is 5.91 Å². The Labute approximate surface area is 170 Å². The summed E-state index contributed by atoms with van der Waals surface area (Å²) in [6.07, 6.45) is 0.641. The molecule has 4 aromatic rings. The minimum Gasteiger partial charge on any atom is -0.319 e. The first-order valence-corrected chi connectivity index (χ1v) is 9.69. The van der Waals surface area contributed by atoms with Gasteiger partial charge in [-0.2, -0.15) is 4.68 Å². The molecule has 1 amide bonds. The highest BCUT2D eigenvalue weighted by atomic mass is 32.1. The summed E-state index contributed by atoms with van der Waals surface area (Å²) in [4.78, 5) is 17.7. The van der Waals surface area contributed by atoms with E-state index >= 15 is 0 Å². The third-order valence-corrected chi connectivity index (χ3v) is 5.47. The number of thiazole rings is 1. The Kier molecular flexibility index (Phi) is 5.13. The molecule has 9 heteroatoms. The molecule has 0 radical (unpaired) electrons. The van der Waals surface area contributed by atoms with Crippen LogP contribution in [0.1, 0.15) is 31.8 Å². The number of nitrogens with zero attached hydrogens (tertiary/aromatic N) is 5. The van der Waals surface area contributed by atoms with Crippen molar-refractivity contribution in [3.8, 4) is 5.69 Å². The monoisotopic (exact) mass is 408 g/mol. The normalized spacial score (nSPS) is 10.9. The molecular formula is C20H17FN6OS. The highest BCUT2D eigenvalue weighted by Crippen LogP contribution is 2.24. The number of carbonyl (C=O) groups is 1. The molecule has 0 fully saturated rings. The number of aryl methyl sites for hydroxylation is 2. The van der Waals surface area contributed by atoms with Gasteiger partial charge in [0.05, 0.1) is 22.1 Å². The largest absolute Gasteiger partial charge is 0.319 e. The molecule has 0 atom stereocenters. The minimum atomic E-state index is -0.542. The first-order valence-electron chi connectivity index (χ1n) is 8.88. The summed E-state index contributed by atoms with van der Waals surface area (Å²) in [6.45, 7) is 3.51. The Balaban J connectivity index is 1.56. The van der Waals surface area contributed by atoms with Gasteiger partial charge in [0, 0.05) is 6.42 Å². The SMILES string of the molecule is Cc1nc(Cc2ccccc2)sc1C(=O)Nc1cc(-n2nnnc2C)ccc1F. The molecule has 0 unspecified atom stereocenters. The molecule has 0 saturated heterocycles. The molecule has 4 rings (SSSR count). The predicted molar refractivity (Wildman–Crippen MR) is 108 cm³/mol. The van der Waals surface area contributed by atoms with Gasteiger partial charge in [0.1, 0.15) is 10.7 Å². The van der Waals surface area contributed by atoms with E-state index in [0.717, 1.165) is 10.6 Å². The maximum absolute atomic E-state index is 14.3. The van der Waals surface area contributed by atoms with Crippen LogP contribution in [0.2, 0.25) is 0 Å². The van der Waals surface area contributed by atoms with E-state index in [1.54, 1.807) is 19.9 Å². The van der Waals surface area contributed by atoms with Crippen LogP contribution in [0, 0.1) is 19.7 Å². The van der Waals surface area contributed by atoms with Crippen LogP contribution in [-0.4, -0.2) is 31.1 Å². The van der Waals surface area contributed by atoms with Crippen molar-refractivity contribution in [2.75, 3.05) is 5.32 Å². The number of hydrogen-bond donors (Lipinski definition) is 1. The molecule has 2 aromatic heterocycles. The maximum atomic E-state index is 14.3. The number of halogens is 1. The van der Waals surface area contributed by atoms with Crippen LogP contribution in [0.25, 0.3) is 5.69 Å². The number of aromatic nitrogens is 5. The van der Waals surface area contributed by atoms with E-state index < -0.39 is 11.7 Å². The van der Waals surface area contributed by atoms with E-state index in [-0.39, 0.29) is 5.69 Å². The summed E-state index contributed by atoms with van der Waals surface area (Å²) in [5.41, 5.74) is 2.34. The van der Waals surface area contributed by atoms with Gasteiger partial charge in [0.15, 0.2) is 5.82 Å². The van der Waals surface area contributed by atoms with Gasteiger partial charge >= 0.3 is 0 Å². The van der Waals surface area contributed by atoms with Gasteiger partial charge in [-0.15, -0.1) is 16.4 Å². The van der Waals surface area contributed by atoms with Crippen molar-refractivity contribution in [2.24, 2.45) is 0 Å². The zero-order chi connectivity index (χ0) is 20.4. The lowest BCUT2D eigenvalue weighted by atomic mass is 10.2. The van der Waals surface area contributed by atoms with Crippen molar-refractivity contribution in [3.63, 3.8) is 0 Å². The van der Waals surface area contributed by atoms with Crippen molar-refractivity contribution >= 4 is 22.9 Å². The molecule has 0 bridgehead atoms. The van der Waals surface area contributed by atoms with Gasteiger partial charge in [-0.1, -0.05) is 30.3 Å². The second-order valence-electron chi connectivity index (χ2n) is 6.44. The molecule has 0 saturated carbocycles. The number of anilines is 1. The maximum Gasteiger partial charge on any atom is 0.267 e. The van der Waals surface area contributed by atoms with Crippen LogP contribution < -0.4 is 5.32 Å². The van der Waals surface area contributed by atoms with E-state index in [1.807, 2.05) is 30.3 Å². The van der Waals surface area contributed by atoms with E-state index in [0.29, 0.717) is 28.5 Å². The molecule has 2 aromatic carbocycles. The second kappa shape index (κ2) is 7.88. The summed E-state index contributed by atoms with van der Waals surface area (Å²) >= 11 is 1.31. The number of hydrogen-bond acceptors (Lipinski definition) is 6. The second-order valence-corrected chi connectivity index (χ2v) is 7.52. The van der Waals surface area contributed by atoms with Crippen molar-refractivity contribution in [1.82, 2.24) is 25.2 Å². The molecule has 29 heavy (non-hydrogen) atoms. The standard InChI is InChI=1S/C20H17FN6OS/c1-12-19(29-18(22-12)10-14-6-4-3-5-7-14)20(28)23-17-11-15(8-9-16(17)21)27-13(2)24-25-26-27/h3-9,11H,10H2,1-2H3,(H,23,28). The van der Waals surface area contributed by atoms with Crippen LogP contribution in [-0.2, 0) is 6.42 Å². The predicted octanol–water partition coefficient (Wildman–Crippen LogP) is 3.72. The Hall–Kier alpha value is -3.46. The molecule has 1 N–H and O–H groups in total. The van der Waals surface area contributed by atoms with E-state index in [1.165, 1.54) is 28.2 Å². The van der Waals surface area contributed by atoms with E-state index in [9.17, 15) is 9.18 Å². The fourth-order valence-electron chi connectivity index (χ4n) is 2.90. The quantitative estimate of drug-likeness (QED) is 0.544. The fraction of sp³-hybridized carbons (Fsp3) is 0.150. The van der Waals surface area contributed by atoms with E-state index in [4.69, 9.17) is 0 Å². The van der Waals surface area contributed by atoms with Crippen LogP contribution in [0.5, 0.6) is 0 Å². The van der Waals surface area contributed by atoms with Gasteiger partial charge in [-0.05, 0) is 48.0 Å². The first-order chi connectivity index (χ1) is 14.0. The molecule has 0 aliphatic rings. The Morgan fingerprint density at radius 3 is 2.69 bits per heavy atom. The molecule has 146 valence electrons. The van der Waals surface area contributed by atoms with Gasteiger partial charge in [0.2, 0.25) is 0 Å². The van der Waals surface area contributed by atoms with Crippen LogP contribution in [0.4, 0.5) is 10.1 Å². The Morgan fingerprint density at radius 1 is 1.17 bits per heavy atom. The summed E-state index contributed by atoms with van der Waals surface area (Å²) in [7, 11) is 0. The number of nitrogens with one attached hydrogen (secondary N) is 1. The molecule has 2 heterocycles. The summed E-state index contributed by atoms with van der Waals surface area (Å²) in [6, 6.07) is 14.2. The highest BCUT2D eigenvalue weighted by Gasteiger charge is 2.18. The zero-order valence-electron chi connectivity index (χ0n) is 15.8. The molecule has 0 aliphatic heterocycles. The topological polar surface area (TPSA) is 85.6 Å². The third-order valence-electron chi connectivity index (χ3n) is 4.31. The van der Waals surface area contributed by atoms with E-state index in [2.05, 4.69) is 25.8 Å². The van der Waals surface area contributed by atoms with Crippen molar-refractivity contribution in [1.29, 1.82) is 0 Å². The third kappa shape index (κ3) is 4.04. The lowest BCUT2D eigenvalue weighted by Gasteiger charge is -2.08. The number of rotatable bonds is 5. The fourth-order valence-corrected chi connectivity index (χ4v) is 3.89. The minimum absolute atomic E-state index is 0.0554. The summed E-state index contributed by atoms with van der Waals surface area (Å²) < 4.78 is 15.8. The number of tetrazole rings is 1. The van der Waals surface area contributed by atoms with Gasteiger partial charge < -0.3 is 5.32 Å². The van der Waals surface area contributed by atoms with Crippen LogP contribution in [0.3, 0.4) is 0 Å². The Bertz CT molecular complexity index is 1170. The number of carbonyl (C=O) groups excluding carboxylic acids is 1. The highest BCUT2D eigenvalue weighted by molar-refractivity contribution is 7.14. The lowest BCUT2D eigenvalue weighted by Crippen LogP contribution is -2.13. The Morgan fingerprint density at radius 2 is 1.97 bits per heavy atom. The summed E-state index contributed by atoms with van der Waals surface area (Å²) in [5.74, 6) is -0.388. The molecule has 7 nitrogen and oxygen atoms in total. The van der Waals surface area contributed by atoms with Crippen LogP contribution >= 0.6 is 11.3 Å². The average molecular weight is 408 g/mol. The number of amides is 1. The smallest absolute Gasteiger partial charge is 0.267 e. The molecule has 0 aliphatic carbocycles. The van der Waals surface area contributed by atoms with Gasteiger partial charge in [-0.3, -0.25) is 4.79 Å². The average Bonchev–Trinajstić information content (AvgIpc) is 3.29. The van der Waals surface area contributed by atoms with Crippen LogP contribution in [0.15, 0.2) is 48.5 Å². The lowest BCUT2D eigenvalue weighted by molar-refractivity contribution is 0.102. The first kappa shape index (κ1) is 18.9. The summed E-state index contributed by atoms with van der Waals surface area (Å²) in [5, 5.41) is 14.7. The number of benzene rings is 2. The van der Waals surface area contributed by atoms with Crippen molar-refractivity contribution in [3.05, 3.63) is 81.3 Å². The zero-order valence-corrected chi connectivity index (χ0v) is 16.6. The van der Waals surface area contributed by atoms with Crippen molar-refractivity contribution < 1.29 is 9.18 Å².